The van der Waals surface area contributed by atoms with Crippen LogP contribution in [0.25, 0.3) is 0 Å². The summed E-state index contributed by atoms with van der Waals surface area (Å²) in [5, 5.41) is 9.04. The molecule has 5 heteroatoms. The second-order valence-corrected chi connectivity index (χ2v) is 7.39. The fourth-order valence-electron chi connectivity index (χ4n) is 2.75. The van der Waals surface area contributed by atoms with Crippen LogP contribution in [0, 0.1) is 17.8 Å². The summed E-state index contributed by atoms with van der Waals surface area (Å²) >= 11 is 0. The van der Waals surface area contributed by atoms with E-state index in [-0.39, 0.29) is 36.2 Å². The van der Waals surface area contributed by atoms with Crippen LogP contribution in [-0.4, -0.2) is 47.2 Å². The molecule has 0 unspecified atom stereocenters. The molecule has 0 aromatic heterocycles. The summed E-state index contributed by atoms with van der Waals surface area (Å²) in [5.41, 5.74) is -0.563. The Labute approximate surface area is 127 Å². The average Bonchev–Trinajstić information content (AvgIpc) is 2.24. The molecule has 5 nitrogen and oxygen atoms in total. The number of aliphatic hydroxyl groups is 1. The van der Waals surface area contributed by atoms with Crippen LogP contribution in [0.15, 0.2) is 0 Å². The Bertz CT molecular complexity index is 380. The first kappa shape index (κ1) is 18.0. The molecule has 0 saturated heterocycles. The lowest BCUT2D eigenvalue weighted by atomic mass is 9.74. The highest BCUT2D eigenvalue weighted by atomic mass is 16.6. The van der Waals surface area contributed by atoms with Crippen LogP contribution in [0.2, 0.25) is 0 Å². The van der Waals surface area contributed by atoms with Crippen LogP contribution >= 0.6 is 0 Å². The molecule has 1 saturated carbocycles. The van der Waals surface area contributed by atoms with Crippen molar-refractivity contribution in [1.82, 2.24) is 4.90 Å². The van der Waals surface area contributed by atoms with Gasteiger partial charge in [-0.15, -0.1) is 0 Å². The number of rotatable bonds is 5. The lowest BCUT2D eigenvalue weighted by Gasteiger charge is -2.39. The van der Waals surface area contributed by atoms with Crippen LogP contribution in [0.1, 0.15) is 47.5 Å². The molecule has 1 fully saturated rings. The fraction of sp³-hybridized carbons (Fsp3) is 0.875. The van der Waals surface area contributed by atoms with E-state index in [0.29, 0.717) is 12.8 Å². The molecule has 0 heterocycles. The summed E-state index contributed by atoms with van der Waals surface area (Å²) in [7, 11) is 1.67. The molecule has 1 aliphatic carbocycles. The second kappa shape index (κ2) is 6.77. The summed E-state index contributed by atoms with van der Waals surface area (Å²) in [5.74, 6) is -0.236. The van der Waals surface area contributed by atoms with Crippen molar-refractivity contribution in [2.24, 2.45) is 17.8 Å². The first-order valence-corrected chi connectivity index (χ1v) is 7.67. The molecule has 0 spiro atoms. The Hall–Kier alpha value is -1.10. The van der Waals surface area contributed by atoms with Gasteiger partial charge >= 0.3 is 5.97 Å². The molecule has 1 rings (SSSR count). The third kappa shape index (κ3) is 4.70. The fourth-order valence-corrected chi connectivity index (χ4v) is 2.75. The molecular formula is C16H29NO4. The molecule has 1 amide bonds. The maximum Gasteiger partial charge on any atom is 0.329 e. The zero-order valence-corrected chi connectivity index (χ0v) is 14.0. The number of ether oxygens (including phenoxy) is 1. The van der Waals surface area contributed by atoms with Gasteiger partial charge in [0, 0.05) is 19.6 Å². The highest BCUT2D eigenvalue weighted by Crippen LogP contribution is 2.35. The third-order valence-corrected chi connectivity index (χ3v) is 3.89. The van der Waals surface area contributed by atoms with Gasteiger partial charge in [-0.25, -0.2) is 4.79 Å². The molecule has 0 aromatic carbocycles. The van der Waals surface area contributed by atoms with E-state index >= 15 is 0 Å². The number of likely N-dealkylation sites (N-methyl/N-ethyl adjacent to an activating group) is 1. The zero-order valence-electron chi connectivity index (χ0n) is 14.0. The molecule has 0 radical (unpaired) electrons. The highest BCUT2D eigenvalue weighted by molar-refractivity contribution is 5.86. The predicted molar refractivity (Wildman–Crippen MR) is 80.5 cm³/mol. The van der Waals surface area contributed by atoms with Gasteiger partial charge in [-0.1, -0.05) is 13.8 Å². The minimum absolute atomic E-state index is 0.0116. The predicted octanol–water partition coefficient (Wildman–Crippen LogP) is 1.83. The van der Waals surface area contributed by atoms with Crippen LogP contribution in [0.4, 0.5) is 0 Å². The van der Waals surface area contributed by atoms with Gasteiger partial charge in [0.1, 0.15) is 11.6 Å². The van der Waals surface area contributed by atoms with Crippen LogP contribution in [0.5, 0.6) is 0 Å². The van der Waals surface area contributed by atoms with Gasteiger partial charge in [0.25, 0.3) is 0 Å². The number of nitrogens with zero attached hydrogens (tertiary/aromatic N) is 1. The summed E-state index contributed by atoms with van der Waals surface area (Å²) in [4.78, 5) is 26.3. The Morgan fingerprint density at radius 2 is 1.81 bits per heavy atom. The van der Waals surface area contributed by atoms with Crippen molar-refractivity contribution in [3.63, 3.8) is 0 Å². The highest BCUT2D eigenvalue weighted by Gasteiger charge is 2.40. The van der Waals surface area contributed by atoms with Gasteiger partial charge in [-0.2, -0.15) is 0 Å². The molecule has 1 atom stereocenters. The maximum absolute atomic E-state index is 12.4. The van der Waals surface area contributed by atoms with E-state index in [2.05, 4.69) is 0 Å². The topological polar surface area (TPSA) is 66.8 Å². The molecule has 0 bridgehead atoms. The number of aliphatic hydroxyl groups excluding tert-OH is 1. The third-order valence-electron chi connectivity index (χ3n) is 3.89. The minimum atomic E-state index is -0.565. The van der Waals surface area contributed by atoms with Gasteiger partial charge in [0.05, 0.1) is 0 Å². The van der Waals surface area contributed by atoms with E-state index in [0.717, 1.165) is 0 Å². The monoisotopic (exact) mass is 299 g/mol. The smallest absolute Gasteiger partial charge is 0.329 e. The van der Waals surface area contributed by atoms with Crippen molar-refractivity contribution in [3.05, 3.63) is 0 Å². The SMILES string of the molecule is CC(C)[C@@H](C(=O)OC(C)(C)C)N(C)C(=O)C1CC(CO)C1. The molecule has 1 N–H and O–H groups in total. The van der Waals surface area contributed by atoms with Crippen molar-refractivity contribution in [2.75, 3.05) is 13.7 Å². The summed E-state index contributed by atoms with van der Waals surface area (Å²) in [6.45, 7) is 9.42. The molecule has 21 heavy (non-hydrogen) atoms. The second-order valence-electron chi connectivity index (χ2n) is 7.39. The van der Waals surface area contributed by atoms with Crippen molar-refractivity contribution in [3.8, 4) is 0 Å². The number of hydrogen-bond donors (Lipinski definition) is 1. The first-order chi connectivity index (χ1) is 9.56. The average molecular weight is 299 g/mol. The normalized spacial score (nSPS) is 23.4. The van der Waals surface area contributed by atoms with Gasteiger partial charge in [0.15, 0.2) is 0 Å². The van der Waals surface area contributed by atoms with E-state index in [1.54, 1.807) is 7.05 Å². The van der Waals surface area contributed by atoms with Crippen molar-refractivity contribution < 1.29 is 19.4 Å². The number of hydrogen-bond acceptors (Lipinski definition) is 4. The van der Waals surface area contributed by atoms with E-state index < -0.39 is 11.6 Å². The van der Waals surface area contributed by atoms with Crippen LogP contribution in [0.3, 0.4) is 0 Å². The number of carbonyl (C=O) groups is 2. The van der Waals surface area contributed by atoms with Gasteiger partial charge in [-0.05, 0) is 45.4 Å². The van der Waals surface area contributed by atoms with E-state index in [4.69, 9.17) is 9.84 Å². The lowest BCUT2D eigenvalue weighted by molar-refractivity contribution is -0.167. The maximum atomic E-state index is 12.4. The summed E-state index contributed by atoms with van der Waals surface area (Å²) in [6.07, 6.45) is 1.41. The Kier molecular flexibility index (Phi) is 5.79. The zero-order chi connectivity index (χ0) is 16.4. The van der Waals surface area contributed by atoms with E-state index in [1.807, 2.05) is 34.6 Å². The van der Waals surface area contributed by atoms with E-state index in [9.17, 15) is 9.59 Å². The van der Waals surface area contributed by atoms with Crippen molar-refractivity contribution >= 4 is 11.9 Å². The summed E-state index contributed by atoms with van der Waals surface area (Å²) in [6, 6.07) is -0.565. The lowest BCUT2D eigenvalue weighted by Crippen LogP contribution is -2.51. The van der Waals surface area contributed by atoms with Gasteiger partial charge in [0.2, 0.25) is 5.91 Å². The van der Waals surface area contributed by atoms with Crippen molar-refractivity contribution in [1.29, 1.82) is 0 Å². The minimum Gasteiger partial charge on any atom is -0.458 e. The summed E-state index contributed by atoms with van der Waals surface area (Å²) < 4.78 is 5.43. The molecule has 122 valence electrons. The van der Waals surface area contributed by atoms with E-state index in [1.165, 1.54) is 4.90 Å². The molecule has 0 aromatic rings. The first-order valence-electron chi connectivity index (χ1n) is 7.67. The quantitative estimate of drug-likeness (QED) is 0.787. The van der Waals surface area contributed by atoms with Crippen LogP contribution in [-0.2, 0) is 14.3 Å². The Morgan fingerprint density at radius 1 is 1.29 bits per heavy atom. The largest absolute Gasteiger partial charge is 0.458 e. The number of esters is 1. The molecule has 1 aliphatic rings. The Balaban J connectivity index is 2.72. The number of carbonyl (C=O) groups excluding carboxylic acids is 2. The molecule has 0 aliphatic heterocycles. The van der Waals surface area contributed by atoms with Crippen LogP contribution < -0.4 is 0 Å². The Morgan fingerprint density at radius 3 is 2.19 bits per heavy atom. The number of amides is 1. The van der Waals surface area contributed by atoms with Gasteiger partial charge in [-0.3, -0.25) is 4.79 Å². The van der Waals surface area contributed by atoms with Crippen molar-refractivity contribution in [2.45, 2.75) is 59.1 Å². The van der Waals surface area contributed by atoms with Gasteiger partial charge < -0.3 is 14.7 Å². The molecular weight excluding hydrogens is 270 g/mol. The standard InChI is InChI=1S/C16H29NO4/c1-10(2)13(15(20)21-16(3,4)5)17(6)14(19)12-7-11(8-12)9-18/h10-13,18H,7-9H2,1-6H3/t11?,12?,13-/m0/s1.